The minimum atomic E-state index is -0.779. The van der Waals surface area contributed by atoms with Crippen LogP contribution in [0.4, 0.5) is 0 Å². The van der Waals surface area contributed by atoms with Crippen molar-refractivity contribution in [3.8, 4) is 0 Å². The Labute approximate surface area is 107 Å². The van der Waals surface area contributed by atoms with Crippen LogP contribution in [0.15, 0.2) is 12.2 Å². The van der Waals surface area contributed by atoms with Crippen LogP contribution in [0.3, 0.4) is 0 Å². The molecule has 0 saturated heterocycles. The Morgan fingerprint density at radius 3 is 2.28 bits per heavy atom. The summed E-state index contributed by atoms with van der Waals surface area (Å²) in [4.78, 5) is 22.6. The summed E-state index contributed by atoms with van der Waals surface area (Å²) in [6.07, 6.45) is 8.89. The quantitative estimate of drug-likeness (QED) is 0.757. The molecule has 0 heterocycles. The molecule has 18 heavy (non-hydrogen) atoms. The smallest absolute Gasteiger partial charge is 0.307 e. The van der Waals surface area contributed by atoms with E-state index in [2.05, 4.69) is 0 Å². The molecule has 0 aliphatic heterocycles. The van der Waals surface area contributed by atoms with Crippen molar-refractivity contribution in [3.63, 3.8) is 0 Å². The first-order valence-corrected chi connectivity index (χ1v) is 6.73. The second-order valence-corrected chi connectivity index (χ2v) is 5.42. The highest BCUT2D eigenvalue weighted by molar-refractivity contribution is 5.73. The molecule has 4 unspecified atom stereocenters. The molecule has 4 atom stereocenters. The lowest BCUT2D eigenvalue weighted by atomic mass is 9.66. The van der Waals surface area contributed by atoms with E-state index in [-0.39, 0.29) is 17.8 Å². The summed E-state index contributed by atoms with van der Waals surface area (Å²) in [6, 6.07) is 0. The van der Waals surface area contributed by atoms with Crippen LogP contribution < -0.4 is 0 Å². The van der Waals surface area contributed by atoms with Crippen molar-refractivity contribution < 1.29 is 19.8 Å². The molecule has 0 amide bonds. The molecule has 2 aliphatic rings. The van der Waals surface area contributed by atoms with Gasteiger partial charge in [0.2, 0.25) is 0 Å². The average molecular weight is 252 g/mol. The van der Waals surface area contributed by atoms with E-state index in [1.165, 1.54) is 0 Å². The third kappa shape index (κ3) is 2.57. The zero-order valence-electron chi connectivity index (χ0n) is 10.4. The molecule has 0 aromatic heterocycles. The van der Waals surface area contributed by atoms with Crippen LogP contribution in [0.1, 0.15) is 38.5 Å². The molecule has 0 bridgehead atoms. The van der Waals surface area contributed by atoms with E-state index in [0.717, 1.165) is 25.7 Å². The zero-order chi connectivity index (χ0) is 13.1. The molecule has 4 heteroatoms. The van der Waals surface area contributed by atoms with Crippen molar-refractivity contribution in [2.24, 2.45) is 23.7 Å². The van der Waals surface area contributed by atoms with Crippen LogP contribution in [0.5, 0.6) is 0 Å². The van der Waals surface area contributed by atoms with Gasteiger partial charge in [0.15, 0.2) is 0 Å². The number of carboxylic acids is 2. The van der Waals surface area contributed by atoms with Crippen molar-refractivity contribution in [1.82, 2.24) is 0 Å². The molecular formula is C14H20O4. The van der Waals surface area contributed by atoms with Crippen LogP contribution in [0, 0.1) is 23.7 Å². The van der Waals surface area contributed by atoms with Crippen LogP contribution in [0.25, 0.3) is 0 Å². The highest BCUT2D eigenvalue weighted by Gasteiger charge is 2.41. The van der Waals surface area contributed by atoms with Gasteiger partial charge in [0, 0.05) is 0 Å². The highest BCUT2D eigenvalue weighted by atomic mass is 16.4. The molecule has 2 aliphatic carbocycles. The first-order chi connectivity index (χ1) is 8.61. The summed E-state index contributed by atoms with van der Waals surface area (Å²) in [5.41, 5.74) is 0. The first kappa shape index (κ1) is 13.1. The maximum atomic E-state index is 11.3. The maximum Gasteiger partial charge on any atom is 0.307 e. The number of allylic oxidation sites excluding steroid dienone is 2. The summed E-state index contributed by atoms with van der Waals surface area (Å²) in [5.74, 6) is -2.42. The lowest BCUT2D eigenvalue weighted by molar-refractivity contribution is -0.150. The fraction of sp³-hybridized carbons (Fsp3) is 0.714. The van der Waals surface area contributed by atoms with Crippen LogP contribution in [-0.4, -0.2) is 22.2 Å². The summed E-state index contributed by atoms with van der Waals surface area (Å²) >= 11 is 0. The number of carboxylic acid groups (broad SMARTS) is 2. The van der Waals surface area contributed by atoms with E-state index >= 15 is 0 Å². The summed E-state index contributed by atoms with van der Waals surface area (Å²) < 4.78 is 0. The fourth-order valence-corrected chi connectivity index (χ4v) is 3.51. The van der Waals surface area contributed by atoms with Crippen molar-refractivity contribution >= 4 is 11.9 Å². The molecule has 2 N–H and O–H groups in total. The molecule has 0 aromatic carbocycles. The average Bonchev–Trinajstić information content (AvgIpc) is 2.38. The maximum absolute atomic E-state index is 11.3. The van der Waals surface area contributed by atoms with E-state index in [9.17, 15) is 19.8 Å². The number of carbonyl (C=O) groups is 2. The zero-order valence-corrected chi connectivity index (χ0v) is 10.4. The van der Waals surface area contributed by atoms with Gasteiger partial charge in [-0.25, -0.2) is 0 Å². The molecule has 0 radical (unpaired) electrons. The molecule has 1 saturated carbocycles. The summed E-state index contributed by atoms with van der Waals surface area (Å²) in [6.45, 7) is 0. The minimum absolute atomic E-state index is 0.00565. The number of rotatable bonds is 3. The second kappa shape index (κ2) is 5.55. The van der Waals surface area contributed by atoms with Gasteiger partial charge in [-0.3, -0.25) is 9.59 Å². The van der Waals surface area contributed by atoms with Gasteiger partial charge in [0.05, 0.1) is 11.8 Å². The lowest BCUT2D eigenvalue weighted by Crippen LogP contribution is -2.38. The van der Waals surface area contributed by atoms with Crippen molar-refractivity contribution in [2.75, 3.05) is 0 Å². The Morgan fingerprint density at radius 1 is 0.944 bits per heavy atom. The SMILES string of the molecule is O=C(O)C1CCC=CC1C1CCCCC1C(=O)O. The van der Waals surface area contributed by atoms with E-state index < -0.39 is 17.9 Å². The molecule has 0 spiro atoms. The normalized spacial score (nSPS) is 36.2. The second-order valence-electron chi connectivity index (χ2n) is 5.42. The Hall–Kier alpha value is -1.32. The van der Waals surface area contributed by atoms with Gasteiger partial charge in [0.1, 0.15) is 0 Å². The Bertz CT molecular complexity index is 361. The predicted octanol–water partition coefficient (Wildman–Crippen LogP) is 2.54. The standard InChI is InChI=1S/C14H20O4/c15-13(16)11-7-3-1-5-9(11)10-6-2-4-8-12(10)14(17)18/h1,5,9-12H,2-4,6-8H2,(H,15,16)(H,17,18). The van der Waals surface area contributed by atoms with E-state index in [1.54, 1.807) is 0 Å². The van der Waals surface area contributed by atoms with Crippen LogP contribution in [-0.2, 0) is 9.59 Å². The van der Waals surface area contributed by atoms with Gasteiger partial charge in [-0.1, -0.05) is 25.0 Å². The summed E-state index contributed by atoms with van der Waals surface area (Å²) in [7, 11) is 0. The third-order valence-electron chi connectivity index (χ3n) is 4.42. The van der Waals surface area contributed by atoms with Gasteiger partial charge in [-0.2, -0.15) is 0 Å². The van der Waals surface area contributed by atoms with Crippen molar-refractivity contribution in [2.45, 2.75) is 38.5 Å². The van der Waals surface area contributed by atoms with Gasteiger partial charge in [-0.05, 0) is 37.5 Å². The fourth-order valence-electron chi connectivity index (χ4n) is 3.51. The Kier molecular flexibility index (Phi) is 4.04. The minimum Gasteiger partial charge on any atom is -0.481 e. The first-order valence-electron chi connectivity index (χ1n) is 6.73. The van der Waals surface area contributed by atoms with Gasteiger partial charge in [-0.15, -0.1) is 0 Å². The molecule has 1 fully saturated rings. The van der Waals surface area contributed by atoms with E-state index in [4.69, 9.17) is 0 Å². The molecule has 4 nitrogen and oxygen atoms in total. The monoisotopic (exact) mass is 252 g/mol. The highest BCUT2D eigenvalue weighted by Crippen LogP contribution is 2.42. The van der Waals surface area contributed by atoms with E-state index in [1.807, 2.05) is 12.2 Å². The number of hydrogen-bond acceptors (Lipinski definition) is 2. The third-order valence-corrected chi connectivity index (χ3v) is 4.42. The van der Waals surface area contributed by atoms with Gasteiger partial charge in [0.25, 0.3) is 0 Å². The molecule has 2 rings (SSSR count). The van der Waals surface area contributed by atoms with Crippen molar-refractivity contribution in [3.05, 3.63) is 12.2 Å². The number of hydrogen-bond donors (Lipinski definition) is 2. The molecular weight excluding hydrogens is 232 g/mol. The van der Waals surface area contributed by atoms with Crippen LogP contribution >= 0.6 is 0 Å². The topological polar surface area (TPSA) is 74.6 Å². The summed E-state index contributed by atoms with van der Waals surface area (Å²) in [5, 5.41) is 18.6. The Morgan fingerprint density at radius 2 is 1.61 bits per heavy atom. The number of aliphatic carboxylic acids is 2. The van der Waals surface area contributed by atoms with Gasteiger partial charge < -0.3 is 10.2 Å². The largest absolute Gasteiger partial charge is 0.481 e. The predicted molar refractivity (Wildman–Crippen MR) is 66.1 cm³/mol. The van der Waals surface area contributed by atoms with Crippen molar-refractivity contribution in [1.29, 1.82) is 0 Å². The lowest BCUT2D eigenvalue weighted by Gasteiger charge is -2.37. The molecule has 100 valence electrons. The van der Waals surface area contributed by atoms with E-state index in [0.29, 0.717) is 12.8 Å². The molecule has 0 aromatic rings. The Balaban J connectivity index is 2.20. The van der Waals surface area contributed by atoms with Crippen LogP contribution in [0.2, 0.25) is 0 Å². The van der Waals surface area contributed by atoms with Gasteiger partial charge >= 0.3 is 11.9 Å².